The van der Waals surface area contributed by atoms with Gasteiger partial charge in [-0.1, -0.05) is 24.3 Å². The Morgan fingerprint density at radius 1 is 1.07 bits per heavy atom. The molecule has 3 heterocycles. The van der Waals surface area contributed by atoms with Crippen molar-refractivity contribution in [3.63, 3.8) is 0 Å². The number of imidazole rings is 1. The zero-order valence-corrected chi connectivity index (χ0v) is 23.0. The van der Waals surface area contributed by atoms with E-state index in [-0.39, 0.29) is 16.2 Å². The molecular weight excluding hydrogens is 553 g/mol. The summed E-state index contributed by atoms with van der Waals surface area (Å²) in [6.45, 7) is 3.05. The lowest BCUT2D eigenvalue weighted by Crippen LogP contribution is -2.18. The van der Waals surface area contributed by atoms with Gasteiger partial charge < -0.3 is 21.1 Å². The fourth-order valence-electron chi connectivity index (χ4n) is 4.49. The van der Waals surface area contributed by atoms with Gasteiger partial charge in [0, 0.05) is 30.9 Å². The van der Waals surface area contributed by atoms with Gasteiger partial charge in [-0.2, -0.15) is 13.2 Å². The van der Waals surface area contributed by atoms with E-state index in [1.54, 1.807) is 23.2 Å². The summed E-state index contributed by atoms with van der Waals surface area (Å²) in [5, 5.41) is 6.94. The third-order valence-electron chi connectivity index (χ3n) is 6.48. The molecule has 2 aromatic carbocycles. The predicted octanol–water partition coefficient (Wildman–Crippen LogP) is 6.04. The molecule has 5 rings (SSSR count). The van der Waals surface area contributed by atoms with Crippen molar-refractivity contribution >= 4 is 34.1 Å². The number of alkyl halides is 3. The molecule has 0 aliphatic rings. The number of nitrogens with zero attached hydrogens (tertiary/aromatic N) is 3. The smallest absolute Gasteiger partial charge is 0.416 e. The first-order chi connectivity index (χ1) is 19.7. The number of fused-ring (bicyclic) bond motifs is 1. The lowest BCUT2D eigenvalue weighted by molar-refractivity contribution is -0.139. The number of aromatic nitrogens is 3. The minimum atomic E-state index is -4.55. The first-order valence-corrected chi connectivity index (χ1v) is 13.6. The van der Waals surface area contributed by atoms with E-state index in [9.17, 15) is 18.0 Å². The number of hydrogen-bond acceptors (Lipinski definition) is 7. The summed E-state index contributed by atoms with van der Waals surface area (Å²) in [5.41, 5.74) is 8.19. The zero-order chi connectivity index (χ0) is 29.1. The summed E-state index contributed by atoms with van der Waals surface area (Å²) < 4.78 is 48.4. The maximum Gasteiger partial charge on any atom is 0.416 e. The van der Waals surface area contributed by atoms with Crippen LogP contribution in [0.1, 0.15) is 33.8 Å². The number of halogens is 3. The van der Waals surface area contributed by atoms with Crippen LogP contribution in [0.4, 0.5) is 19.0 Å². The van der Waals surface area contributed by atoms with E-state index in [2.05, 4.69) is 20.6 Å². The number of amides is 1. The molecule has 41 heavy (non-hydrogen) atoms. The van der Waals surface area contributed by atoms with Crippen LogP contribution in [-0.2, 0) is 6.18 Å². The molecule has 8 nitrogen and oxygen atoms in total. The van der Waals surface area contributed by atoms with Gasteiger partial charge in [-0.15, -0.1) is 11.3 Å². The van der Waals surface area contributed by atoms with Crippen molar-refractivity contribution in [3.8, 4) is 21.9 Å². The van der Waals surface area contributed by atoms with Crippen molar-refractivity contribution in [2.45, 2.75) is 19.2 Å². The Morgan fingerprint density at radius 3 is 2.61 bits per heavy atom. The summed E-state index contributed by atoms with van der Waals surface area (Å²) in [5.74, 6) is 0.132. The minimum absolute atomic E-state index is 0.0414. The SMILES string of the molecule is CNCCNc1cc(-c2ccc3c(c2)ncn3-c2cc(OC(C)c3ccccc3C(F)(F)F)c(C(N)=O)s2)ccn1. The van der Waals surface area contributed by atoms with Crippen LogP contribution in [0.3, 0.4) is 0 Å². The number of ether oxygens (including phenoxy) is 1. The van der Waals surface area contributed by atoms with Crippen molar-refractivity contribution < 1.29 is 22.7 Å². The molecule has 212 valence electrons. The number of nitrogens with one attached hydrogen (secondary N) is 2. The second-order valence-electron chi connectivity index (χ2n) is 9.27. The second kappa shape index (κ2) is 11.6. The Hall–Kier alpha value is -4.42. The largest absolute Gasteiger partial charge is 0.484 e. The van der Waals surface area contributed by atoms with Crippen LogP contribution in [-0.4, -0.2) is 40.6 Å². The Kier molecular flexibility index (Phi) is 7.95. The molecule has 0 aliphatic heterocycles. The molecule has 0 saturated carbocycles. The second-order valence-corrected chi connectivity index (χ2v) is 10.3. The van der Waals surface area contributed by atoms with Crippen LogP contribution in [0.5, 0.6) is 5.75 Å². The first kappa shape index (κ1) is 28.1. The standard InChI is InChI=1S/C29H27F3N6O2S/c1-17(20-5-3-4-6-21(20)29(30,31)32)40-24-15-26(41-27(24)28(33)39)38-16-37-22-13-18(7-8-23(22)38)19-9-10-35-25(14-19)36-12-11-34-2/h3-10,13-17,34H,11-12H2,1-2H3,(H2,33,39)(H,35,36). The summed E-state index contributed by atoms with van der Waals surface area (Å²) in [7, 11) is 1.89. The van der Waals surface area contributed by atoms with Gasteiger partial charge in [0.15, 0.2) is 0 Å². The number of thiophene rings is 1. The normalized spacial score (nSPS) is 12.4. The third kappa shape index (κ3) is 6.03. The fourth-order valence-corrected chi connectivity index (χ4v) is 5.42. The fraction of sp³-hybridized carbons (Fsp3) is 0.207. The molecule has 0 saturated heterocycles. The van der Waals surface area contributed by atoms with Crippen molar-refractivity contribution in [2.75, 3.05) is 25.5 Å². The van der Waals surface area contributed by atoms with Crippen LogP contribution < -0.4 is 21.1 Å². The van der Waals surface area contributed by atoms with Gasteiger partial charge in [-0.25, -0.2) is 9.97 Å². The van der Waals surface area contributed by atoms with Crippen LogP contribution >= 0.6 is 11.3 Å². The van der Waals surface area contributed by atoms with Crippen LogP contribution in [0, 0.1) is 0 Å². The Balaban J connectivity index is 1.44. The van der Waals surface area contributed by atoms with Gasteiger partial charge in [-0.05, 0) is 55.4 Å². The summed E-state index contributed by atoms with van der Waals surface area (Å²) in [6.07, 6.45) is -2.18. The molecule has 0 bridgehead atoms. The summed E-state index contributed by atoms with van der Waals surface area (Å²) >= 11 is 1.08. The molecule has 1 atom stereocenters. The van der Waals surface area contributed by atoms with Gasteiger partial charge in [-0.3, -0.25) is 9.36 Å². The Morgan fingerprint density at radius 2 is 1.85 bits per heavy atom. The average Bonchev–Trinajstić information content (AvgIpc) is 3.57. The van der Waals surface area contributed by atoms with E-state index >= 15 is 0 Å². The van der Waals surface area contributed by atoms with E-state index in [1.165, 1.54) is 25.1 Å². The number of pyridine rings is 1. The van der Waals surface area contributed by atoms with Gasteiger partial charge in [0.1, 0.15) is 33.9 Å². The molecule has 5 aromatic rings. The number of anilines is 1. The van der Waals surface area contributed by atoms with E-state index in [4.69, 9.17) is 10.5 Å². The quantitative estimate of drug-likeness (QED) is 0.174. The van der Waals surface area contributed by atoms with Gasteiger partial charge >= 0.3 is 6.18 Å². The molecule has 0 fully saturated rings. The van der Waals surface area contributed by atoms with Gasteiger partial charge in [0.2, 0.25) is 0 Å². The van der Waals surface area contributed by atoms with Gasteiger partial charge in [0.05, 0.1) is 16.6 Å². The van der Waals surface area contributed by atoms with E-state index < -0.39 is 23.8 Å². The monoisotopic (exact) mass is 580 g/mol. The number of nitrogens with two attached hydrogens (primary N) is 1. The van der Waals surface area contributed by atoms with Crippen molar-refractivity contribution in [1.82, 2.24) is 19.9 Å². The number of rotatable bonds is 10. The predicted molar refractivity (Wildman–Crippen MR) is 154 cm³/mol. The summed E-state index contributed by atoms with van der Waals surface area (Å²) in [6, 6.07) is 16.5. The molecule has 0 aliphatic carbocycles. The number of carbonyl (C=O) groups is 1. The summed E-state index contributed by atoms with van der Waals surface area (Å²) in [4.78, 5) is 21.3. The highest BCUT2D eigenvalue weighted by atomic mass is 32.1. The Labute approximate surface area is 238 Å². The average molecular weight is 581 g/mol. The van der Waals surface area contributed by atoms with Crippen LogP contribution in [0.15, 0.2) is 73.2 Å². The molecule has 0 radical (unpaired) electrons. The number of primary amides is 1. The van der Waals surface area contributed by atoms with E-state index in [1.807, 2.05) is 37.4 Å². The highest BCUT2D eigenvalue weighted by Crippen LogP contribution is 2.39. The van der Waals surface area contributed by atoms with Crippen LogP contribution in [0.25, 0.3) is 27.2 Å². The number of hydrogen-bond donors (Lipinski definition) is 3. The van der Waals surface area contributed by atoms with E-state index in [0.29, 0.717) is 10.5 Å². The minimum Gasteiger partial charge on any atom is -0.484 e. The molecule has 1 unspecified atom stereocenters. The maximum absolute atomic E-state index is 13.6. The molecule has 12 heteroatoms. The lowest BCUT2D eigenvalue weighted by Gasteiger charge is -2.19. The number of benzene rings is 2. The van der Waals surface area contributed by atoms with Crippen LogP contribution in [0.2, 0.25) is 0 Å². The first-order valence-electron chi connectivity index (χ1n) is 12.7. The molecule has 0 spiro atoms. The van der Waals surface area contributed by atoms with Crippen molar-refractivity contribution in [2.24, 2.45) is 5.73 Å². The Bertz CT molecular complexity index is 1700. The van der Waals surface area contributed by atoms with Crippen molar-refractivity contribution in [3.05, 3.63) is 89.2 Å². The molecule has 3 aromatic heterocycles. The molecule has 1 amide bonds. The highest BCUT2D eigenvalue weighted by Gasteiger charge is 2.35. The topological polar surface area (TPSA) is 107 Å². The number of carbonyl (C=O) groups excluding carboxylic acids is 1. The molecular formula is C29H27F3N6O2S. The maximum atomic E-state index is 13.6. The third-order valence-corrected chi connectivity index (χ3v) is 7.61. The van der Waals surface area contributed by atoms with Gasteiger partial charge in [0.25, 0.3) is 5.91 Å². The van der Waals surface area contributed by atoms with Crippen molar-refractivity contribution in [1.29, 1.82) is 0 Å². The van der Waals surface area contributed by atoms with E-state index in [0.717, 1.165) is 53.0 Å². The number of likely N-dealkylation sites (N-methyl/N-ethyl adjacent to an activating group) is 1. The highest BCUT2D eigenvalue weighted by molar-refractivity contribution is 7.16. The zero-order valence-electron chi connectivity index (χ0n) is 22.2. The molecule has 4 N–H and O–H groups in total. The lowest BCUT2D eigenvalue weighted by atomic mass is 10.0.